The van der Waals surface area contributed by atoms with Gasteiger partial charge in [-0.15, -0.1) is 0 Å². The van der Waals surface area contributed by atoms with E-state index in [-0.39, 0.29) is 23.5 Å². The normalized spacial score (nSPS) is 22.7. The Kier molecular flexibility index (Phi) is 3.99. The smallest absolute Gasteiger partial charge is 0.232 e. The van der Waals surface area contributed by atoms with Crippen molar-refractivity contribution in [2.24, 2.45) is 11.3 Å². The fourth-order valence-electron chi connectivity index (χ4n) is 3.34. The van der Waals surface area contributed by atoms with Crippen molar-refractivity contribution < 1.29 is 18.8 Å². The second kappa shape index (κ2) is 5.85. The summed E-state index contributed by atoms with van der Waals surface area (Å²) < 4.78 is 13.0. The molecule has 0 saturated heterocycles. The predicted molar refractivity (Wildman–Crippen MR) is 86.3 cm³/mol. The van der Waals surface area contributed by atoms with Gasteiger partial charge >= 0.3 is 0 Å². The molecule has 1 aromatic rings. The topological polar surface area (TPSA) is 75.3 Å². The van der Waals surface area contributed by atoms with Crippen molar-refractivity contribution in [1.82, 2.24) is 5.32 Å². The standard InChI is InChI=1S/C18H19FN2O3/c1-18(2)8-13-16(14(22)9-18)12(7-15(23)21-13)17(24)20-11-5-3-10(19)4-6-11/h3-6,12H,7-9H2,1-2H3,(H,20,24)(H,21,23). The van der Waals surface area contributed by atoms with E-state index in [0.29, 0.717) is 29.8 Å². The van der Waals surface area contributed by atoms with Crippen LogP contribution in [0.25, 0.3) is 0 Å². The summed E-state index contributed by atoms with van der Waals surface area (Å²) >= 11 is 0. The molecule has 1 aliphatic heterocycles. The Morgan fingerprint density at radius 3 is 2.54 bits per heavy atom. The third-order valence-corrected chi connectivity index (χ3v) is 4.38. The van der Waals surface area contributed by atoms with Crippen LogP contribution < -0.4 is 10.6 Å². The fraction of sp³-hybridized carbons (Fsp3) is 0.389. The van der Waals surface area contributed by atoms with Gasteiger partial charge in [-0.1, -0.05) is 13.8 Å². The van der Waals surface area contributed by atoms with Crippen molar-refractivity contribution in [2.75, 3.05) is 5.32 Å². The number of benzene rings is 1. The lowest BCUT2D eigenvalue weighted by molar-refractivity contribution is -0.129. The number of nitrogens with one attached hydrogen (secondary N) is 2. The predicted octanol–water partition coefficient (Wildman–Crippen LogP) is 2.54. The molecular formula is C18H19FN2O3. The average Bonchev–Trinajstić information content (AvgIpc) is 2.46. The maximum absolute atomic E-state index is 13.0. The summed E-state index contributed by atoms with van der Waals surface area (Å²) in [5.74, 6) is -1.99. The summed E-state index contributed by atoms with van der Waals surface area (Å²) in [7, 11) is 0. The van der Waals surface area contributed by atoms with Crippen molar-refractivity contribution >= 4 is 23.3 Å². The molecule has 1 atom stereocenters. The minimum atomic E-state index is -0.803. The van der Waals surface area contributed by atoms with Gasteiger partial charge in [0, 0.05) is 29.8 Å². The lowest BCUT2D eigenvalue weighted by Crippen LogP contribution is -2.44. The van der Waals surface area contributed by atoms with Crippen LogP contribution in [0.2, 0.25) is 0 Å². The van der Waals surface area contributed by atoms with Gasteiger partial charge in [0.05, 0.1) is 5.92 Å². The van der Waals surface area contributed by atoms with E-state index < -0.39 is 17.6 Å². The number of hydrogen-bond donors (Lipinski definition) is 2. The van der Waals surface area contributed by atoms with Gasteiger partial charge in [0.15, 0.2) is 5.78 Å². The molecule has 1 unspecified atom stereocenters. The van der Waals surface area contributed by atoms with Crippen LogP contribution in [0.1, 0.15) is 33.1 Å². The molecular weight excluding hydrogens is 311 g/mol. The number of carbonyl (C=O) groups excluding carboxylic acids is 3. The highest BCUT2D eigenvalue weighted by Gasteiger charge is 2.42. The first-order valence-corrected chi connectivity index (χ1v) is 7.88. The number of ketones is 1. The monoisotopic (exact) mass is 330 g/mol. The highest BCUT2D eigenvalue weighted by molar-refractivity contribution is 6.09. The van der Waals surface area contributed by atoms with Crippen molar-refractivity contribution in [3.8, 4) is 0 Å². The molecule has 0 bridgehead atoms. The van der Waals surface area contributed by atoms with Crippen molar-refractivity contribution in [3.63, 3.8) is 0 Å². The Morgan fingerprint density at radius 1 is 1.21 bits per heavy atom. The van der Waals surface area contributed by atoms with Crippen molar-refractivity contribution in [3.05, 3.63) is 41.4 Å². The largest absolute Gasteiger partial charge is 0.329 e. The molecule has 0 saturated carbocycles. The number of hydrogen-bond acceptors (Lipinski definition) is 3. The molecule has 2 aliphatic rings. The van der Waals surface area contributed by atoms with Crippen LogP contribution in [0.4, 0.5) is 10.1 Å². The molecule has 0 aromatic heterocycles. The van der Waals surface area contributed by atoms with Gasteiger partial charge in [0.25, 0.3) is 0 Å². The first-order valence-electron chi connectivity index (χ1n) is 7.88. The van der Waals surface area contributed by atoms with E-state index in [1.165, 1.54) is 24.3 Å². The fourth-order valence-corrected chi connectivity index (χ4v) is 3.34. The summed E-state index contributed by atoms with van der Waals surface area (Å²) in [6.45, 7) is 3.92. The summed E-state index contributed by atoms with van der Waals surface area (Å²) in [6, 6.07) is 5.36. The molecule has 0 radical (unpaired) electrons. The third-order valence-electron chi connectivity index (χ3n) is 4.38. The average molecular weight is 330 g/mol. The molecule has 2 amide bonds. The number of amides is 2. The van der Waals surface area contributed by atoms with Crippen LogP contribution in [-0.4, -0.2) is 17.6 Å². The van der Waals surface area contributed by atoms with Gasteiger partial charge < -0.3 is 10.6 Å². The molecule has 3 rings (SSSR count). The number of rotatable bonds is 2. The maximum Gasteiger partial charge on any atom is 0.232 e. The summed E-state index contributed by atoms with van der Waals surface area (Å²) in [5, 5.41) is 5.41. The summed E-state index contributed by atoms with van der Waals surface area (Å²) in [6.07, 6.45) is 0.847. The van der Waals surface area contributed by atoms with Crippen LogP contribution in [-0.2, 0) is 14.4 Å². The molecule has 5 nitrogen and oxygen atoms in total. The molecule has 1 heterocycles. The number of allylic oxidation sites excluding steroid dienone is 1. The number of carbonyl (C=O) groups is 3. The summed E-state index contributed by atoms with van der Waals surface area (Å²) in [4.78, 5) is 37.1. The van der Waals surface area contributed by atoms with Crippen LogP contribution in [0.5, 0.6) is 0 Å². The number of Topliss-reactive ketones (excluding diaryl/α,β-unsaturated/α-hetero) is 1. The first kappa shape index (κ1) is 16.4. The Labute approximate surface area is 139 Å². The van der Waals surface area contributed by atoms with E-state index in [1.54, 1.807) is 0 Å². The van der Waals surface area contributed by atoms with Crippen molar-refractivity contribution in [1.29, 1.82) is 0 Å². The molecule has 1 aliphatic carbocycles. The Balaban J connectivity index is 1.88. The molecule has 126 valence electrons. The maximum atomic E-state index is 13.0. The zero-order valence-corrected chi connectivity index (χ0v) is 13.6. The lowest BCUT2D eigenvalue weighted by atomic mass is 9.71. The highest BCUT2D eigenvalue weighted by atomic mass is 19.1. The van der Waals surface area contributed by atoms with Crippen LogP contribution in [0.3, 0.4) is 0 Å². The van der Waals surface area contributed by atoms with Crippen LogP contribution >= 0.6 is 0 Å². The van der Waals surface area contributed by atoms with Gasteiger partial charge in [0.2, 0.25) is 11.8 Å². The molecule has 1 aromatic carbocycles. The zero-order chi connectivity index (χ0) is 17.5. The molecule has 0 spiro atoms. The molecule has 0 fully saturated rings. The van der Waals surface area contributed by atoms with Crippen LogP contribution in [0.15, 0.2) is 35.5 Å². The summed E-state index contributed by atoms with van der Waals surface area (Å²) in [5.41, 5.74) is 1.16. The van der Waals surface area contributed by atoms with Gasteiger partial charge in [-0.3, -0.25) is 14.4 Å². The van der Waals surface area contributed by atoms with Gasteiger partial charge in [-0.2, -0.15) is 0 Å². The minimum absolute atomic E-state index is 0.0575. The minimum Gasteiger partial charge on any atom is -0.329 e. The van der Waals surface area contributed by atoms with Crippen LogP contribution in [0, 0.1) is 17.2 Å². The lowest BCUT2D eigenvalue weighted by Gasteiger charge is -2.37. The Hall–Kier alpha value is -2.50. The molecule has 24 heavy (non-hydrogen) atoms. The molecule has 6 heteroatoms. The van der Waals surface area contributed by atoms with Gasteiger partial charge in [-0.05, 0) is 36.1 Å². The SMILES string of the molecule is CC1(C)CC(=O)C2=C(C1)NC(=O)CC2C(=O)Nc1ccc(F)cc1. The van der Waals surface area contributed by atoms with E-state index in [9.17, 15) is 18.8 Å². The van der Waals surface area contributed by atoms with Gasteiger partial charge in [-0.25, -0.2) is 4.39 Å². The van der Waals surface area contributed by atoms with E-state index in [4.69, 9.17) is 0 Å². The third kappa shape index (κ3) is 3.22. The number of halogens is 1. The van der Waals surface area contributed by atoms with E-state index >= 15 is 0 Å². The zero-order valence-electron chi connectivity index (χ0n) is 13.6. The quantitative estimate of drug-likeness (QED) is 0.875. The second-order valence-corrected chi connectivity index (χ2v) is 7.13. The first-order chi connectivity index (χ1) is 11.2. The second-order valence-electron chi connectivity index (χ2n) is 7.13. The van der Waals surface area contributed by atoms with Crippen molar-refractivity contribution in [2.45, 2.75) is 33.1 Å². The Morgan fingerprint density at radius 2 is 1.88 bits per heavy atom. The highest BCUT2D eigenvalue weighted by Crippen LogP contribution is 2.40. The number of anilines is 1. The molecule has 2 N–H and O–H groups in total. The van der Waals surface area contributed by atoms with Gasteiger partial charge in [0.1, 0.15) is 5.82 Å². The van der Waals surface area contributed by atoms with E-state index in [0.717, 1.165) is 0 Å². The van der Waals surface area contributed by atoms with E-state index in [2.05, 4.69) is 10.6 Å². The Bertz CT molecular complexity index is 750. The van der Waals surface area contributed by atoms with E-state index in [1.807, 2.05) is 13.8 Å².